The fourth-order valence-electron chi connectivity index (χ4n) is 1.95. The maximum absolute atomic E-state index is 9.38. The molecule has 0 amide bonds. The lowest BCUT2D eigenvalue weighted by Gasteiger charge is -2.22. The Bertz CT molecular complexity index is 540. The zero-order chi connectivity index (χ0) is 13.1. The molecule has 0 spiro atoms. The fraction of sp³-hybridized carbons (Fsp3) is 0.357. The van der Waals surface area contributed by atoms with Crippen LogP contribution in [0.4, 0.5) is 11.4 Å². The number of hydrogen-bond acceptors (Lipinski definition) is 4. The average molecular weight is 245 g/mol. The molecule has 1 heterocycles. The van der Waals surface area contributed by atoms with Crippen molar-refractivity contribution in [3.63, 3.8) is 0 Å². The highest BCUT2D eigenvalue weighted by Crippen LogP contribution is 2.26. The van der Waals surface area contributed by atoms with E-state index in [0.29, 0.717) is 11.6 Å². The number of hydrogen-bond donors (Lipinski definition) is 3. The van der Waals surface area contributed by atoms with Gasteiger partial charge >= 0.3 is 0 Å². The molecule has 4 heteroatoms. The van der Waals surface area contributed by atoms with E-state index >= 15 is 0 Å². The fourth-order valence-corrected chi connectivity index (χ4v) is 1.95. The molecule has 1 aromatic heterocycles. The molecule has 0 bridgehead atoms. The predicted octanol–water partition coefficient (Wildman–Crippen LogP) is 2.25. The predicted molar refractivity (Wildman–Crippen MR) is 75.5 cm³/mol. The topological polar surface area (TPSA) is 71.2 Å². The molecule has 0 saturated carbocycles. The molecule has 4 N–H and O–H groups in total. The highest BCUT2D eigenvalue weighted by molar-refractivity contribution is 5.97. The van der Waals surface area contributed by atoms with Crippen LogP contribution in [0.1, 0.15) is 13.8 Å². The first-order valence-electron chi connectivity index (χ1n) is 6.14. The van der Waals surface area contributed by atoms with Crippen LogP contribution in [0, 0.1) is 5.92 Å². The Kier molecular flexibility index (Phi) is 3.67. The summed E-state index contributed by atoms with van der Waals surface area (Å²) in [6.07, 6.45) is 1.73. The minimum atomic E-state index is 0.0250. The van der Waals surface area contributed by atoms with Crippen LogP contribution in [0.5, 0.6) is 0 Å². The molecule has 0 fully saturated rings. The number of nitrogens with one attached hydrogen (secondary N) is 1. The Labute approximate surface area is 107 Å². The van der Waals surface area contributed by atoms with Crippen LogP contribution in [-0.4, -0.2) is 22.7 Å². The van der Waals surface area contributed by atoms with Crippen LogP contribution in [0.2, 0.25) is 0 Å². The van der Waals surface area contributed by atoms with E-state index in [1.54, 1.807) is 6.20 Å². The molecule has 0 saturated heterocycles. The van der Waals surface area contributed by atoms with Gasteiger partial charge in [0.05, 0.1) is 23.9 Å². The van der Waals surface area contributed by atoms with Gasteiger partial charge in [0.2, 0.25) is 0 Å². The standard InChI is InChI=1S/C14H19N3O/c1-9(2)13(8-18)17-12-6-7-16-14-10(12)4-3-5-11(14)15/h3-7,9,13,18H,8,15H2,1-2H3,(H,16,17). The largest absolute Gasteiger partial charge is 0.397 e. The zero-order valence-electron chi connectivity index (χ0n) is 10.7. The Balaban J connectivity index is 2.42. The van der Waals surface area contributed by atoms with Gasteiger partial charge in [-0.2, -0.15) is 0 Å². The summed E-state index contributed by atoms with van der Waals surface area (Å²) in [4.78, 5) is 4.29. The molecule has 4 nitrogen and oxygen atoms in total. The smallest absolute Gasteiger partial charge is 0.0951 e. The van der Waals surface area contributed by atoms with E-state index in [-0.39, 0.29) is 12.6 Å². The van der Waals surface area contributed by atoms with Crippen LogP contribution in [0.3, 0.4) is 0 Å². The SMILES string of the molecule is CC(C)C(CO)Nc1ccnc2c(N)cccc12. The van der Waals surface area contributed by atoms with Gasteiger partial charge in [0.15, 0.2) is 0 Å². The molecular weight excluding hydrogens is 226 g/mol. The van der Waals surface area contributed by atoms with E-state index in [2.05, 4.69) is 24.1 Å². The van der Waals surface area contributed by atoms with E-state index in [1.165, 1.54) is 0 Å². The second-order valence-electron chi connectivity index (χ2n) is 4.78. The molecular formula is C14H19N3O. The van der Waals surface area contributed by atoms with E-state index < -0.39 is 0 Å². The Hall–Kier alpha value is -1.81. The molecule has 0 aliphatic heterocycles. The van der Waals surface area contributed by atoms with Crippen LogP contribution < -0.4 is 11.1 Å². The van der Waals surface area contributed by atoms with Gasteiger partial charge in [0.25, 0.3) is 0 Å². The summed E-state index contributed by atoms with van der Waals surface area (Å²) < 4.78 is 0. The maximum Gasteiger partial charge on any atom is 0.0951 e. The average Bonchev–Trinajstić information content (AvgIpc) is 2.36. The summed E-state index contributed by atoms with van der Waals surface area (Å²) in [7, 11) is 0. The first kappa shape index (κ1) is 12.6. The third-order valence-electron chi connectivity index (χ3n) is 3.14. The van der Waals surface area contributed by atoms with Crippen molar-refractivity contribution in [1.29, 1.82) is 0 Å². The molecule has 0 aliphatic rings. The van der Waals surface area contributed by atoms with Gasteiger partial charge in [0, 0.05) is 17.3 Å². The Morgan fingerprint density at radius 3 is 2.78 bits per heavy atom. The number of rotatable bonds is 4. The Morgan fingerprint density at radius 2 is 2.11 bits per heavy atom. The second kappa shape index (κ2) is 5.23. The lowest BCUT2D eigenvalue weighted by molar-refractivity contribution is 0.249. The molecule has 0 aliphatic carbocycles. The number of anilines is 2. The minimum absolute atomic E-state index is 0.0250. The van der Waals surface area contributed by atoms with Crippen molar-refractivity contribution in [3.8, 4) is 0 Å². The van der Waals surface area contributed by atoms with Crippen molar-refractivity contribution in [1.82, 2.24) is 4.98 Å². The minimum Gasteiger partial charge on any atom is -0.397 e. The zero-order valence-corrected chi connectivity index (χ0v) is 10.7. The highest BCUT2D eigenvalue weighted by atomic mass is 16.3. The summed E-state index contributed by atoms with van der Waals surface area (Å²) in [5.74, 6) is 0.347. The van der Waals surface area contributed by atoms with E-state index in [1.807, 2.05) is 24.3 Å². The van der Waals surface area contributed by atoms with Gasteiger partial charge in [-0.1, -0.05) is 26.0 Å². The normalized spacial score (nSPS) is 12.9. The van der Waals surface area contributed by atoms with Gasteiger partial charge in [0.1, 0.15) is 0 Å². The van der Waals surface area contributed by atoms with E-state index in [9.17, 15) is 5.11 Å². The number of aromatic nitrogens is 1. The van der Waals surface area contributed by atoms with Crippen molar-refractivity contribution in [2.24, 2.45) is 5.92 Å². The summed E-state index contributed by atoms with van der Waals surface area (Å²) in [5.41, 5.74) is 8.33. The van der Waals surface area contributed by atoms with Crippen molar-refractivity contribution in [2.45, 2.75) is 19.9 Å². The number of nitrogens with two attached hydrogens (primary N) is 1. The molecule has 2 aromatic rings. The number of nitrogen functional groups attached to an aromatic ring is 1. The number of aliphatic hydroxyl groups excluding tert-OH is 1. The summed E-state index contributed by atoms with van der Waals surface area (Å²) in [6, 6.07) is 7.67. The van der Waals surface area contributed by atoms with E-state index in [4.69, 9.17) is 5.73 Å². The molecule has 96 valence electrons. The maximum atomic E-state index is 9.38. The van der Waals surface area contributed by atoms with Crippen molar-refractivity contribution in [2.75, 3.05) is 17.7 Å². The molecule has 1 atom stereocenters. The monoisotopic (exact) mass is 245 g/mol. The van der Waals surface area contributed by atoms with Crippen LogP contribution in [0.15, 0.2) is 30.5 Å². The van der Waals surface area contributed by atoms with Crippen LogP contribution in [-0.2, 0) is 0 Å². The van der Waals surface area contributed by atoms with Crippen LogP contribution in [0.25, 0.3) is 10.9 Å². The molecule has 1 aromatic carbocycles. The third-order valence-corrected chi connectivity index (χ3v) is 3.14. The Morgan fingerprint density at radius 1 is 1.33 bits per heavy atom. The number of para-hydroxylation sites is 1. The molecule has 2 rings (SSSR count). The first-order valence-corrected chi connectivity index (χ1v) is 6.14. The second-order valence-corrected chi connectivity index (χ2v) is 4.78. The molecule has 0 radical (unpaired) electrons. The summed E-state index contributed by atoms with van der Waals surface area (Å²) in [5, 5.41) is 13.7. The van der Waals surface area contributed by atoms with Crippen molar-refractivity contribution >= 4 is 22.3 Å². The third kappa shape index (κ3) is 2.38. The number of pyridine rings is 1. The first-order chi connectivity index (χ1) is 8.63. The highest BCUT2D eigenvalue weighted by Gasteiger charge is 2.13. The lowest BCUT2D eigenvalue weighted by atomic mass is 10.0. The van der Waals surface area contributed by atoms with Gasteiger partial charge in [-0.3, -0.25) is 4.98 Å². The van der Waals surface area contributed by atoms with Crippen LogP contribution >= 0.6 is 0 Å². The van der Waals surface area contributed by atoms with Crippen molar-refractivity contribution < 1.29 is 5.11 Å². The lowest BCUT2D eigenvalue weighted by Crippen LogP contribution is -2.29. The van der Waals surface area contributed by atoms with Gasteiger partial charge < -0.3 is 16.2 Å². The number of benzene rings is 1. The number of fused-ring (bicyclic) bond motifs is 1. The van der Waals surface area contributed by atoms with Gasteiger partial charge in [-0.15, -0.1) is 0 Å². The quantitative estimate of drug-likeness (QED) is 0.722. The molecule has 1 unspecified atom stereocenters. The number of nitrogens with zero attached hydrogens (tertiary/aromatic N) is 1. The number of aliphatic hydroxyl groups is 1. The molecule has 18 heavy (non-hydrogen) atoms. The van der Waals surface area contributed by atoms with Crippen molar-refractivity contribution in [3.05, 3.63) is 30.5 Å². The van der Waals surface area contributed by atoms with Gasteiger partial charge in [-0.25, -0.2) is 0 Å². The summed E-state index contributed by atoms with van der Waals surface area (Å²) in [6.45, 7) is 4.25. The van der Waals surface area contributed by atoms with E-state index in [0.717, 1.165) is 16.6 Å². The van der Waals surface area contributed by atoms with Gasteiger partial charge in [-0.05, 0) is 18.1 Å². The summed E-state index contributed by atoms with van der Waals surface area (Å²) >= 11 is 0.